The molecule has 18 heavy (non-hydrogen) atoms. The van der Waals surface area contributed by atoms with Crippen molar-refractivity contribution in [2.24, 2.45) is 0 Å². The van der Waals surface area contributed by atoms with Gasteiger partial charge in [0.15, 0.2) is 5.69 Å². The summed E-state index contributed by atoms with van der Waals surface area (Å²) in [5.74, 6) is -0.398. The SMILES string of the molecule is CC1NCCCC1NC(=O)c1ncccc1O.Cl. The van der Waals surface area contributed by atoms with Crippen LogP contribution in [0.5, 0.6) is 5.75 Å². The zero-order valence-electron chi connectivity index (χ0n) is 10.2. The molecule has 100 valence electrons. The van der Waals surface area contributed by atoms with Gasteiger partial charge in [-0.05, 0) is 38.4 Å². The highest BCUT2D eigenvalue weighted by Crippen LogP contribution is 2.14. The van der Waals surface area contributed by atoms with E-state index in [4.69, 9.17) is 0 Å². The van der Waals surface area contributed by atoms with E-state index in [-0.39, 0.29) is 41.8 Å². The number of rotatable bonds is 2. The summed E-state index contributed by atoms with van der Waals surface area (Å²) in [7, 11) is 0. The van der Waals surface area contributed by atoms with Crippen molar-refractivity contribution < 1.29 is 9.90 Å². The molecule has 2 unspecified atom stereocenters. The predicted octanol–water partition coefficient (Wildman–Crippen LogP) is 1.08. The largest absolute Gasteiger partial charge is 0.505 e. The molecule has 3 N–H and O–H groups in total. The Morgan fingerprint density at radius 2 is 2.39 bits per heavy atom. The van der Waals surface area contributed by atoms with E-state index >= 15 is 0 Å². The maximum Gasteiger partial charge on any atom is 0.274 e. The zero-order valence-corrected chi connectivity index (χ0v) is 11.0. The van der Waals surface area contributed by atoms with Crippen LogP contribution in [0.1, 0.15) is 30.3 Å². The molecule has 1 aromatic rings. The second-order valence-electron chi connectivity index (χ2n) is 4.34. The number of hydrogen-bond donors (Lipinski definition) is 3. The first-order chi connectivity index (χ1) is 8.18. The molecule has 0 bridgehead atoms. The number of aromatic hydroxyl groups is 1. The lowest BCUT2D eigenvalue weighted by atomic mass is 10.00. The molecule has 2 heterocycles. The summed E-state index contributed by atoms with van der Waals surface area (Å²) in [6.45, 7) is 3.03. The Kier molecular flexibility index (Phi) is 5.37. The second kappa shape index (κ2) is 6.56. The molecule has 0 aromatic carbocycles. The molecular formula is C12H18ClN3O2. The van der Waals surface area contributed by atoms with Crippen molar-refractivity contribution in [3.8, 4) is 5.75 Å². The molecule has 1 aromatic heterocycles. The maximum absolute atomic E-state index is 11.9. The van der Waals surface area contributed by atoms with E-state index < -0.39 is 0 Å². The first-order valence-electron chi connectivity index (χ1n) is 5.86. The van der Waals surface area contributed by atoms with Crippen LogP contribution in [0, 0.1) is 0 Å². The van der Waals surface area contributed by atoms with Gasteiger partial charge in [0, 0.05) is 18.3 Å². The van der Waals surface area contributed by atoms with E-state index in [1.807, 2.05) is 6.92 Å². The Balaban J connectivity index is 0.00000162. The number of nitrogens with zero attached hydrogens (tertiary/aromatic N) is 1. The lowest BCUT2D eigenvalue weighted by molar-refractivity contribution is 0.0912. The number of halogens is 1. The van der Waals surface area contributed by atoms with Gasteiger partial charge in [-0.2, -0.15) is 0 Å². The molecule has 0 saturated carbocycles. The van der Waals surface area contributed by atoms with Crippen LogP contribution in [0.3, 0.4) is 0 Å². The van der Waals surface area contributed by atoms with Crippen LogP contribution in [-0.2, 0) is 0 Å². The Morgan fingerprint density at radius 1 is 1.61 bits per heavy atom. The molecule has 1 saturated heterocycles. The van der Waals surface area contributed by atoms with Crippen molar-refractivity contribution >= 4 is 18.3 Å². The average Bonchev–Trinajstić information content (AvgIpc) is 2.32. The Morgan fingerprint density at radius 3 is 3.06 bits per heavy atom. The van der Waals surface area contributed by atoms with Gasteiger partial charge in [-0.3, -0.25) is 4.79 Å². The fraction of sp³-hybridized carbons (Fsp3) is 0.500. The summed E-state index contributed by atoms with van der Waals surface area (Å²) < 4.78 is 0. The number of amides is 1. The van der Waals surface area contributed by atoms with Gasteiger partial charge < -0.3 is 15.7 Å². The van der Waals surface area contributed by atoms with E-state index in [1.54, 1.807) is 6.07 Å². The number of carbonyl (C=O) groups is 1. The van der Waals surface area contributed by atoms with Crippen LogP contribution in [0.2, 0.25) is 0 Å². The van der Waals surface area contributed by atoms with Crippen LogP contribution >= 0.6 is 12.4 Å². The highest BCUT2D eigenvalue weighted by Gasteiger charge is 2.24. The Bertz CT molecular complexity index is 414. The van der Waals surface area contributed by atoms with Gasteiger partial charge in [-0.25, -0.2) is 4.98 Å². The summed E-state index contributed by atoms with van der Waals surface area (Å²) in [5, 5.41) is 15.7. The highest BCUT2D eigenvalue weighted by atomic mass is 35.5. The third-order valence-electron chi connectivity index (χ3n) is 3.08. The Labute approximate surface area is 112 Å². The summed E-state index contributed by atoms with van der Waals surface area (Å²) in [6.07, 6.45) is 3.49. The van der Waals surface area contributed by atoms with E-state index in [2.05, 4.69) is 15.6 Å². The van der Waals surface area contributed by atoms with Crippen molar-refractivity contribution in [2.45, 2.75) is 31.8 Å². The van der Waals surface area contributed by atoms with Gasteiger partial charge in [0.2, 0.25) is 0 Å². The van der Waals surface area contributed by atoms with Crippen LogP contribution in [-0.4, -0.2) is 34.6 Å². The lowest BCUT2D eigenvalue weighted by Gasteiger charge is -2.30. The molecule has 2 atom stereocenters. The van der Waals surface area contributed by atoms with Crippen molar-refractivity contribution in [3.63, 3.8) is 0 Å². The molecule has 0 radical (unpaired) electrons. The van der Waals surface area contributed by atoms with E-state index in [0.29, 0.717) is 0 Å². The van der Waals surface area contributed by atoms with Gasteiger partial charge in [0.05, 0.1) is 0 Å². The molecule has 0 spiro atoms. The van der Waals surface area contributed by atoms with Gasteiger partial charge in [0.1, 0.15) is 5.75 Å². The molecule has 0 aliphatic carbocycles. The molecule has 1 fully saturated rings. The number of aromatic nitrogens is 1. The Hall–Kier alpha value is -1.33. The van der Waals surface area contributed by atoms with Gasteiger partial charge >= 0.3 is 0 Å². The minimum absolute atomic E-state index is 0. The molecule has 6 heteroatoms. The zero-order chi connectivity index (χ0) is 12.3. The number of carbonyl (C=O) groups excluding carboxylic acids is 1. The van der Waals surface area contributed by atoms with E-state index in [1.165, 1.54) is 12.3 Å². The number of pyridine rings is 1. The van der Waals surface area contributed by atoms with E-state index in [0.717, 1.165) is 19.4 Å². The first kappa shape index (κ1) is 14.7. The van der Waals surface area contributed by atoms with Crippen LogP contribution < -0.4 is 10.6 Å². The second-order valence-corrected chi connectivity index (χ2v) is 4.34. The smallest absolute Gasteiger partial charge is 0.274 e. The van der Waals surface area contributed by atoms with Crippen molar-refractivity contribution in [1.82, 2.24) is 15.6 Å². The minimum atomic E-state index is -0.316. The fourth-order valence-corrected chi connectivity index (χ4v) is 2.05. The summed E-state index contributed by atoms with van der Waals surface area (Å²) in [5.41, 5.74) is 0.0882. The van der Waals surface area contributed by atoms with Crippen molar-refractivity contribution in [3.05, 3.63) is 24.0 Å². The summed E-state index contributed by atoms with van der Waals surface area (Å²) in [4.78, 5) is 15.8. The van der Waals surface area contributed by atoms with E-state index in [9.17, 15) is 9.90 Å². The third-order valence-corrected chi connectivity index (χ3v) is 3.08. The summed E-state index contributed by atoms with van der Waals surface area (Å²) in [6, 6.07) is 3.40. The molecule has 1 amide bonds. The van der Waals surface area contributed by atoms with Crippen molar-refractivity contribution in [2.75, 3.05) is 6.54 Å². The van der Waals surface area contributed by atoms with Crippen LogP contribution in [0.4, 0.5) is 0 Å². The van der Waals surface area contributed by atoms with Gasteiger partial charge in [-0.1, -0.05) is 0 Å². The topological polar surface area (TPSA) is 74.2 Å². The first-order valence-corrected chi connectivity index (χ1v) is 5.86. The third kappa shape index (κ3) is 3.34. The average molecular weight is 272 g/mol. The molecule has 5 nitrogen and oxygen atoms in total. The maximum atomic E-state index is 11.9. The number of piperidine rings is 1. The fourth-order valence-electron chi connectivity index (χ4n) is 2.05. The summed E-state index contributed by atoms with van der Waals surface area (Å²) >= 11 is 0. The van der Waals surface area contributed by atoms with Gasteiger partial charge in [0.25, 0.3) is 5.91 Å². The molecule has 1 aliphatic heterocycles. The molecule has 2 rings (SSSR count). The van der Waals surface area contributed by atoms with Crippen LogP contribution in [0.15, 0.2) is 18.3 Å². The number of nitrogens with one attached hydrogen (secondary N) is 2. The standard InChI is InChI=1S/C12H17N3O2.ClH/c1-8-9(4-2-6-13-8)15-12(17)11-10(16)5-3-7-14-11;/h3,5,7-9,13,16H,2,4,6H2,1H3,(H,15,17);1H. The van der Waals surface area contributed by atoms with Gasteiger partial charge in [-0.15, -0.1) is 12.4 Å². The molecule has 1 aliphatic rings. The number of hydrogen-bond acceptors (Lipinski definition) is 4. The normalized spacial score (nSPS) is 22.9. The lowest BCUT2D eigenvalue weighted by Crippen LogP contribution is -2.52. The quantitative estimate of drug-likeness (QED) is 0.753. The van der Waals surface area contributed by atoms with Crippen molar-refractivity contribution in [1.29, 1.82) is 0 Å². The molecular weight excluding hydrogens is 254 g/mol. The minimum Gasteiger partial charge on any atom is -0.505 e. The highest BCUT2D eigenvalue weighted by molar-refractivity contribution is 5.94. The van der Waals surface area contributed by atoms with Crippen LogP contribution in [0.25, 0.3) is 0 Å². The monoisotopic (exact) mass is 271 g/mol. The predicted molar refractivity (Wildman–Crippen MR) is 71.1 cm³/mol.